The first-order valence-corrected chi connectivity index (χ1v) is 14.8. The van der Waals surface area contributed by atoms with Gasteiger partial charge in [-0.3, -0.25) is 13.9 Å². The number of anilines is 2. The van der Waals surface area contributed by atoms with Crippen molar-refractivity contribution in [1.82, 2.24) is 29.3 Å². The van der Waals surface area contributed by atoms with Crippen LogP contribution in [0.1, 0.15) is 51.1 Å². The maximum absolute atomic E-state index is 13.6. The summed E-state index contributed by atoms with van der Waals surface area (Å²) in [4.78, 5) is 49.7. The molecule has 44 heavy (non-hydrogen) atoms. The van der Waals surface area contributed by atoms with Crippen molar-refractivity contribution in [2.75, 3.05) is 38.7 Å². The number of ether oxygens (including phenoxy) is 2. The van der Waals surface area contributed by atoms with Gasteiger partial charge >= 0.3 is 11.8 Å². The number of methoxy groups -OCH3 is 1. The van der Waals surface area contributed by atoms with Crippen LogP contribution in [0, 0.1) is 0 Å². The van der Waals surface area contributed by atoms with Crippen molar-refractivity contribution in [3.05, 3.63) is 57.5 Å². The summed E-state index contributed by atoms with van der Waals surface area (Å²) < 4.78 is 63.0. The number of nitrogens with zero attached hydrogens (tertiary/aromatic N) is 5. The van der Waals surface area contributed by atoms with Crippen molar-refractivity contribution in [3.63, 3.8) is 0 Å². The van der Waals surface area contributed by atoms with Gasteiger partial charge in [-0.15, -0.1) is 11.3 Å². The Bertz CT molecular complexity index is 1870. The number of fused-ring (bicyclic) bond motifs is 1. The molecule has 2 amide bonds. The summed E-state index contributed by atoms with van der Waals surface area (Å²) >= 11 is 0.866. The number of pyridine rings is 2. The number of halogens is 2. The lowest BCUT2D eigenvalue weighted by atomic mass is 10.1. The van der Waals surface area contributed by atoms with E-state index in [9.17, 15) is 23.2 Å². The Hall–Kier alpha value is -4.37. The number of nitrogens with one attached hydrogen (secondary N) is 2. The van der Waals surface area contributed by atoms with E-state index in [-0.39, 0.29) is 39.5 Å². The van der Waals surface area contributed by atoms with E-state index in [0.717, 1.165) is 15.9 Å². The number of hydrogen-bond donors (Lipinski definition) is 2. The first kappa shape index (κ1) is 26.1. The molecule has 1 saturated heterocycles. The van der Waals surface area contributed by atoms with Crippen LogP contribution >= 0.6 is 11.3 Å². The summed E-state index contributed by atoms with van der Waals surface area (Å²) in [5.74, 6) is 0.101. The van der Waals surface area contributed by atoms with E-state index in [1.807, 2.05) is 0 Å². The van der Waals surface area contributed by atoms with Gasteiger partial charge in [0.05, 0.1) is 53.0 Å². The number of thiophene rings is 1. The minimum Gasteiger partial charge on any atom is -0.453 e. The highest BCUT2D eigenvalue weighted by molar-refractivity contribution is 7.15. The van der Waals surface area contributed by atoms with Gasteiger partial charge in [0, 0.05) is 47.9 Å². The summed E-state index contributed by atoms with van der Waals surface area (Å²) in [5.41, 5.74) is 0.216. The van der Waals surface area contributed by atoms with Crippen LogP contribution in [0.4, 0.5) is 25.2 Å². The Morgan fingerprint density at radius 1 is 1.16 bits per heavy atom. The molecule has 0 radical (unpaired) electrons. The molecule has 1 aliphatic carbocycles. The molecule has 4 aromatic rings. The number of alkyl halides is 2. The molecule has 0 unspecified atom stereocenters. The highest BCUT2D eigenvalue weighted by Crippen LogP contribution is 2.35. The van der Waals surface area contributed by atoms with E-state index in [0.29, 0.717) is 61.7 Å². The van der Waals surface area contributed by atoms with Crippen LogP contribution < -0.4 is 16.3 Å². The van der Waals surface area contributed by atoms with Gasteiger partial charge in [0.25, 0.3) is 12.3 Å². The smallest absolute Gasteiger partial charge is 0.407 e. The molecule has 0 bridgehead atoms. The molecular weight excluding hydrogens is 596 g/mol. The molecule has 2 N–H and O–H groups in total. The molecule has 1 aliphatic heterocycles. The third-order valence-electron chi connectivity index (χ3n) is 7.76. The van der Waals surface area contributed by atoms with Gasteiger partial charge in [0.15, 0.2) is 0 Å². The SMILES string of the molecule is [2H]C([2H])([2H])n1c(=O)n([C@@H]2CC[C@@H](NC(=O)OC)C2)c2cc(Nc3cc(C(=O)N4CCOCC4)cc(-c4ccc(C(F)F)s4)n3)ncc21. The molecule has 0 spiro atoms. The van der Waals surface area contributed by atoms with Crippen molar-refractivity contribution in [2.24, 2.45) is 6.98 Å². The maximum Gasteiger partial charge on any atom is 0.407 e. The van der Waals surface area contributed by atoms with Crippen molar-refractivity contribution in [1.29, 1.82) is 0 Å². The maximum atomic E-state index is 13.6. The van der Waals surface area contributed by atoms with Gasteiger partial charge in [0.2, 0.25) is 0 Å². The number of hydrogen-bond acceptors (Lipinski definition) is 9. The minimum absolute atomic E-state index is 0.0907. The van der Waals surface area contributed by atoms with Crippen LogP contribution in [-0.2, 0) is 16.4 Å². The molecule has 0 aromatic carbocycles. The fraction of sp³-hybridized carbons (Fsp3) is 0.414. The first-order chi connectivity index (χ1) is 22.4. The summed E-state index contributed by atoms with van der Waals surface area (Å²) in [6.45, 7) is -1.23. The number of alkyl carbamates (subject to hydrolysis) is 1. The van der Waals surface area contributed by atoms with Crippen LogP contribution in [0.15, 0.2) is 41.3 Å². The molecule has 232 valence electrons. The van der Waals surface area contributed by atoms with Crippen LogP contribution in [0.3, 0.4) is 0 Å². The Kier molecular flexibility index (Phi) is 7.30. The van der Waals surface area contributed by atoms with E-state index >= 15 is 0 Å². The summed E-state index contributed by atoms with van der Waals surface area (Å²) in [7, 11) is 1.25. The lowest BCUT2D eigenvalue weighted by molar-refractivity contribution is 0.0303. The number of rotatable bonds is 7. The van der Waals surface area contributed by atoms with Crippen LogP contribution in [0.5, 0.6) is 0 Å². The number of aryl methyl sites for hydroxylation is 1. The molecule has 5 heterocycles. The zero-order valence-electron chi connectivity index (χ0n) is 26.6. The quantitative estimate of drug-likeness (QED) is 0.306. The molecule has 4 aromatic heterocycles. The van der Waals surface area contributed by atoms with Crippen LogP contribution in [0.2, 0.25) is 0 Å². The largest absolute Gasteiger partial charge is 0.453 e. The second kappa shape index (κ2) is 12.3. The molecule has 12 nitrogen and oxygen atoms in total. The summed E-state index contributed by atoms with van der Waals surface area (Å²) in [6, 6.07) is 6.73. The lowest BCUT2D eigenvalue weighted by Gasteiger charge is -2.27. The number of amides is 2. The van der Waals surface area contributed by atoms with Crippen LogP contribution in [0.25, 0.3) is 21.6 Å². The van der Waals surface area contributed by atoms with Crippen molar-refractivity contribution >= 4 is 46.0 Å². The van der Waals surface area contributed by atoms with E-state index < -0.39 is 31.2 Å². The second-order valence-electron chi connectivity index (χ2n) is 10.5. The average Bonchev–Trinajstić information content (AvgIpc) is 3.78. The molecule has 6 rings (SSSR count). The highest BCUT2D eigenvalue weighted by atomic mass is 32.1. The third kappa shape index (κ3) is 5.88. The fourth-order valence-electron chi connectivity index (χ4n) is 5.62. The summed E-state index contributed by atoms with van der Waals surface area (Å²) in [5, 5.41) is 5.80. The lowest BCUT2D eigenvalue weighted by Crippen LogP contribution is -2.40. The Labute approximate surface area is 258 Å². The Balaban J connectivity index is 1.39. The van der Waals surface area contributed by atoms with Gasteiger partial charge in [-0.25, -0.2) is 28.3 Å². The van der Waals surface area contributed by atoms with Crippen LogP contribution in [-0.4, -0.2) is 75.5 Å². The number of aromatic nitrogens is 4. The summed E-state index contributed by atoms with van der Waals surface area (Å²) in [6.07, 6.45) is -0.561. The number of imidazole rings is 1. The molecule has 2 atom stereocenters. The number of carbonyl (C=O) groups is 2. The van der Waals surface area contributed by atoms with E-state index in [1.54, 1.807) is 11.0 Å². The molecule has 2 aliphatic rings. The van der Waals surface area contributed by atoms with Crippen molar-refractivity contribution in [2.45, 2.75) is 37.8 Å². The second-order valence-corrected chi connectivity index (χ2v) is 11.6. The van der Waals surface area contributed by atoms with Gasteiger partial charge in [-0.1, -0.05) is 0 Å². The Morgan fingerprint density at radius 2 is 1.98 bits per heavy atom. The number of morpholine rings is 1. The predicted octanol–water partition coefficient (Wildman–Crippen LogP) is 4.46. The fourth-order valence-corrected chi connectivity index (χ4v) is 6.44. The third-order valence-corrected chi connectivity index (χ3v) is 8.87. The molecular formula is C29H31F2N7O5S. The first-order valence-electron chi connectivity index (χ1n) is 15.4. The zero-order valence-corrected chi connectivity index (χ0v) is 24.4. The average molecular weight is 631 g/mol. The van der Waals surface area contributed by atoms with Gasteiger partial charge in [-0.2, -0.15) is 0 Å². The van der Waals surface area contributed by atoms with Gasteiger partial charge in [-0.05, 0) is 43.5 Å². The topological polar surface area (TPSA) is 133 Å². The Morgan fingerprint density at radius 3 is 2.70 bits per heavy atom. The molecule has 1 saturated carbocycles. The van der Waals surface area contributed by atoms with Crippen molar-refractivity contribution in [3.8, 4) is 10.6 Å². The minimum atomic E-state index is -2.79. The molecule has 15 heteroatoms. The number of carbonyl (C=O) groups excluding carboxylic acids is 2. The van der Waals surface area contributed by atoms with E-state index in [4.69, 9.17) is 13.6 Å². The van der Waals surface area contributed by atoms with Gasteiger partial charge in [0.1, 0.15) is 11.6 Å². The highest BCUT2D eigenvalue weighted by Gasteiger charge is 2.30. The molecule has 2 fully saturated rings. The monoisotopic (exact) mass is 630 g/mol. The van der Waals surface area contributed by atoms with E-state index in [1.165, 1.54) is 42.1 Å². The predicted molar refractivity (Wildman–Crippen MR) is 160 cm³/mol. The zero-order chi connectivity index (χ0) is 33.5. The van der Waals surface area contributed by atoms with E-state index in [2.05, 4.69) is 20.6 Å². The van der Waals surface area contributed by atoms with Gasteiger partial charge < -0.3 is 25.0 Å². The van der Waals surface area contributed by atoms with Crippen molar-refractivity contribution < 1.29 is 32.0 Å². The standard InChI is InChI=1S/C29H31F2N7O5S/c1-36-21-15-32-24(14-20(21)38(29(36)41)18-4-3-17(13-18)33-28(40)42-2)35-25-12-16(27(39)37-7-9-43-10-8-37)11-19(34-25)22-5-6-23(44-22)26(30)31/h5-6,11-12,14-15,17-18,26H,3-4,7-10,13H2,1-2H3,(H,33,40)(H,32,34,35)/t17-,18-/m1/s1/i1D3. The normalized spacial score (nSPS) is 19.9.